The van der Waals surface area contributed by atoms with Crippen molar-refractivity contribution in [3.05, 3.63) is 58.1 Å². The Morgan fingerprint density at radius 2 is 1.89 bits per heavy atom. The SMILES string of the molecule is CCOC(=O)CC(NS(=O)(=O)c1cc(Cl)ccc1OC)c1ccccc1Cl. The van der Waals surface area contributed by atoms with E-state index < -0.39 is 22.0 Å². The van der Waals surface area contributed by atoms with Crippen LogP contribution in [-0.4, -0.2) is 28.1 Å². The standard InChI is InChI=1S/C18H19Cl2NO5S/c1-3-26-18(22)11-15(13-6-4-5-7-14(13)20)21-27(23,24)17-10-12(19)8-9-16(17)25-2/h4-10,15,21H,3,11H2,1-2H3. The van der Waals surface area contributed by atoms with Crippen molar-refractivity contribution in [2.75, 3.05) is 13.7 Å². The predicted molar refractivity (Wildman–Crippen MR) is 104 cm³/mol. The summed E-state index contributed by atoms with van der Waals surface area (Å²) >= 11 is 12.1. The van der Waals surface area contributed by atoms with E-state index in [9.17, 15) is 13.2 Å². The minimum absolute atomic E-state index is 0.126. The molecule has 1 N–H and O–H groups in total. The largest absolute Gasteiger partial charge is 0.495 e. The fraction of sp³-hybridized carbons (Fsp3) is 0.278. The van der Waals surface area contributed by atoms with E-state index in [-0.39, 0.29) is 28.7 Å². The normalized spacial score (nSPS) is 12.4. The Kier molecular flexibility index (Phi) is 7.49. The van der Waals surface area contributed by atoms with Gasteiger partial charge in [-0.1, -0.05) is 41.4 Å². The highest BCUT2D eigenvalue weighted by molar-refractivity contribution is 7.89. The smallest absolute Gasteiger partial charge is 0.307 e. The summed E-state index contributed by atoms with van der Waals surface area (Å²) in [6.45, 7) is 1.85. The lowest BCUT2D eigenvalue weighted by Gasteiger charge is -2.20. The maximum atomic E-state index is 13.0. The second-order valence-corrected chi connectivity index (χ2v) is 8.03. The van der Waals surface area contributed by atoms with Gasteiger partial charge in [0.25, 0.3) is 0 Å². The lowest BCUT2D eigenvalue weighted by molar-refractivity contribution is -0.143. The minimum atomic E-state index is -4.08. The number of rotatable bonds is 8. The van der Waals surface area contributed by atoms with E-state index in [1.807, 2.05) is 0 Å². The van der Waals surface area contributed by atoms with Gasteiger partial charge in [0.05, 0.1) is 26.2 Å². The molecule has 6 nitrogen and oxygen atoms in total. The first kappa shape index (κ1) is 21.5. The zero-order chi connectivity index (χ0) is 20.0. The molecule has 0 saturated carbocycles. The maximum Gasteiger partial charge on any atom is 0.307 e. The monoisotopic (exact) mass is 431 g/mol. The summed E-state index contributed by atoms with van der Waals surface area (Å²) in [7, 11) is -2.72. The molecule has 0 aliphatic heterocycles. The third-order valence-corrected chi connectivity index (χ3v) is 5.74. The summed E-state index contributed by atoms with van der Waals surface area (Å²) in [6.07, 6.45) is -0.223. The number of sulfonamides is 1. The number of hydrogen-bond donors (Lipinski definition) is 1. The van der Waals surface area contributed by atoms with E-state index in [1.165, 1.54) is 25.3 Å². The van der Waals surface area contributed by atoms with E-state index >= 15 is 0 Å². The molecule has 1 unspecified atom stereocenters. The summed E-state index contributed by atoms with van der Waals surface area (Å²) < 4.78 is 38.5. The van der Waals surface area contributed by atoms with E-state index in [1.54, 1.807) is 31.2 Å². The molecule has 2 aromatic carbocycles. The van der Waals surface area contributed by atoms with Crippen LogP contribution < -0.4 is 9.46 Å². The van der Waals surface area contributed by atoms with Gasteiger partial charge >= 0.3 is 5.97 Å². The van der Waals surface area contributed by atoms with Crippen LogP contribution in [0.15, 0.2) is 47.4 Å². The average Bonchev–Trinajstić information content (AvgIpc) is 2.61. The first-order valence-corrected chi connectivity index (χ1v) is 10.3. The van der Waals surface area contributed by atoms with Crippen molar-refractivity contribution in [3.63, 3.8) is 0 Å². The molecule has 0 aliphatic rings. The Labute approximate surface area is 168 Å². The number of methoxy groups -OCH3 is 1. The summed E-state index contributed by atoms with van der Waals surface area (Å²) in [5, 5.41) is 0.559. The zero-order valence-corrected chi connectivity index (χ0v) is 17.1. The van der Waals surface area contributed by atoms with Gasteiger partial charge in [0.1, 0.15) is 10.6 Å². The zero-order valence-electron chi connectivity index (χ0n) is 14.7. The van der Waals surface area contributed by atoms with Gasteiger partial charge in [-0.05, 0) is 36.8 Å². The Bertz CT molecular complexity index is 918. The second kappa shape index (κ2) is 9.41. The predicted octanol–water partition coefficient (Wildman–Crippen LogP) is 3.97. The van der Waals surface area contributed by atoms with Crippen molar-refractivity contribution >= 4 is 39.2 Å². The number of carbonyl (C=O) groups is 1. The summed E-state index contributed by atoms with van der Waals surface area (Å²) in [5.41, 5.74) is 0.455. The van der Waals surface area contributed by atoms with E-state index in [0.717, 1.165) is 0 Å². The number of benzene rings is 2. The summed E-state index contributed by atoms with van der Waals surface area (Å²) in [6, 6.07) is 9.99. The van der Waals surface area contributed by atoms with Crippen LogP contribution in [0.25, 0.3) is 0 Å². The average molecular weight is 432 g/mol. The van der Waals surface area contributed by atoms with Crippen molar-refractivity contribution < 1.29 is 22.7 Å². The van der Waals surface area contributed by atoms with Crippen LogP contribution in [0.1, 0.15) is 24.9 Å². The van der Waals surface area contributed by atoms with Gasteiger partial charge in [0.2, 0.25) is 10.0 Å². The van der Waals surface area contributed by atoms with Gasteiger partial charge in [0, 0.05) is 10.0 Å². The molecular formula is C18H19Cl2NO5S. The second-order valence-electron chi connectivity index (χ2n) is 5.50. The third-order valence-electron chi connectivity index (χ3n) is 3.67. The van der Waals surface area contributed by atoms with E-state index in [0.29, 0.717) is 10.6 Å². The molecule has 2 aromatic rings. The molecule has 0 aromatic heterocycles. The summed E-state index contributed by atoms with van der Waals surface area (Å²) in [5.74, 6) is -0.427. The van der Waals surface area contributed by atoms with Crippen molar-refractivity contribution in [1.82, 2.24) is 4.72 Å². The minimum Gasteiger partial charge on any atom is -0.495 e. The molecule has 0 bridgehead atoms. The van der Waals surface area contributed by atoms with E-state index in [4.69, 9.17) is 32.7 Å². The lowest BCUT2D eigenvalue weighted by atomic mass is 10.1. The number of carbonyl (C=O) groups excluding carboxylic acids is 1. The number of nitrogens with one attached hydrogen (secondary N) is 1. The Hall–Kier alpha value is -1.80. The molecule has 1 atom stereocenters. The van der Waals surface area contributed by atoms with Crippen LogP contribution in [0.4, 0.5) is 0 Å². The maximum absolute atomic E-state index is 13.0. The van der Waals surface area contributed by atoms with Crippen molar-refractivity contribution in [2.45, 2.75) is 24.3 Å². The van der Waals surface area contributed by atoms with Crippen molar-refractivity contribution in [3.8, 4) is 5.75 Å². The number of esters is 1. The highest BCUT2D eigenvalue weighted by Crippen LogP contribution is 2.31. The van der Waals surface area contributed by atoms with Gasteiger partial charge < -0.3 is 9.47 Å². The topological polar surface area (TPSA) is 81.7 Å². The quantitative estimate of drug-likeness (QED) is 0.639. The van der Waals surface area contributed by atoms with Crippen LogP contribution in [0.3, 0.4) is 0 Å². The molecule has 0 fully saturated rings. The number of ether oxygens (including phenoxy) is 2. The molecule has 2 rings (SSSR count). The Balaban J connectivity index is 2.43. The summed E-state index contributed by atoms with van der Waals surface area (Å²) in [4.78, 5) is 11.9. The van der Waals surface area contributed by atoms with Crippen LogP contribution in [0.2, 0.25) is 10.0 Å². The highest BCUT2D eigenvalue weighted by atomic mass is 35.5. The first-order chi connectivity index (χ1) is 12.8. The fourth-order valence-corrected chi connectivity index (χ4v) is 4.39. The van der Waals surface area contributed by atoms with Crippen molar-refractivity contribution in [2.24, 2.45) is 0 Å². The van der Waals surface area contributed by atoms with Crippen LogP contribution >= 0.6 is 23.2 Å². The Morgan fingerprint density at radius 1 is 1.19 bits per heavy atom. The molecule has 9 heteroatoms. The molecule has 146 valence electrons. The Morgan fingerprint density at radius 3 is 2.52 bits per heavy atom. The van der Waals surface area contributed by atoms with Gasteiger partial charge in [-0.2, -0.15) is 0 Å². The van der Waals surface area contributed by atoms with Gasteiger partial charge in [-0.3, -0.25) is 4.79 Å². The van der Waals surface area contributed by atoms with Crippen LogP contribution in [0.5, 0.6) is 5.75 Å². The van der Waals surface area contributed by atoms with Gasteiger partial charge in [0.15, 0.2) is 0 Å². The molecule has 0 spiro atoms. The molecule has 0 radical (unpaired) electrons. The van der Waals surface area contributed by atoms with E-state index in [2.05, 4.69) is 4.72 Å². The van der Waals surface area contributed by atoms with Crippen molar-refractivity contribution in [1.29, 1.82) is 0 Å². The fourth-order valence-electron chi connectivity index (χ4n) is 2.47. The molecule has 0 heterocycles. The van der Waals surface area contributed by atoms with Gasteiger partial charge in [-0.25, -0.2) is 13.1 Å². The molecule has 27 heavy (non-hydrogen) atoms. The number of halogens is 2. The third kappa shape index (κ3) is 5.59. The number of hydrogen-bond acceptors (Lipinski definition) is 5. The van der Waals surface area contributed by atoms with Crippen LogP contribution in [0, 0.1) is 0 Å². The molecule has 0 amide bonds. The molecule has 0 saturated heterocycles. The highest BCUT2D eigenvalue weighted by Gasteiger charge is 2.28. The van der Waals surface area contributed by atoms with Gasteiger partial charge in [-0.15, -0.1) is 0 Å². The van der Waals surface area contributed by atoms with Crippen LogP contribution in [-0.2, 0) is 19.6 Å². The molecule has 0 aliphatic carbocycles. The molecular weight excluding hydrogens is 413 g/mol. The first-order valence-electron chi connectivity index (χ1n) is 8.04. The lowest BCUT2D eigenvalue weighted by Crippen LogP contribution is -2.31.